The maximum atomic E-state index is 6.18. The molecule has 21 heavy (non-hydrogen) atoms. The maximum absolute atomic E-state index is 6.18. The molecule has 0 radical (unpaired) electrons. The smallest absolute Gasteiger partial charge is 0.157 e. The van der Waals surface area contributed by atoms with Crippen LogP contribution in [0.4, 0.5) is 5.82 Å². The molecular formula is C15H14ClN3O2. The van der Waals surface area contributed by atoms with Crippen LogP contribution in [0, 0.1) is 0 Å². The molecule has 0 atom stereocenters. The lowest BCUT2D eigenvalue weighted by atomic mass is 10.1. The molecule has 0 aliphatic heterocycles. The molecule has 0 saturated carbocycles. The first-order valence-electron chi connectivity index (χ1n) is 6.29. The number of imidazole rings is 1. The van der Waals surface area contributed by atoms with Crippen LogP contribution in [-0.4, -0.2) is 23.6 Å². The highest BCUT2D eigenvalue weighted by Gasteiger charge is 2.15. The minimum absolute atomic E-state index is 0.516. The van der Waals surface area contributed by atoms with Crippen LogP contribution in [-0.2, 0) is 0 Å². The lowest BCUT2D eigenvalue weighted by Crippen LogP contribution is -1.94. The van der Waals surface area contributed by atoms with E-state index in [1.165, 1.54) is 0 Å². The number of nitrogens with two attached hydrogens (primary N) is 1. The van der Waals surface area contributed by atoms with Gasteiger partial charge in [-0.1, -0.05) is 11.6 Å². The lowest BCUT2D eigenvalue weighted by molar-refractivity contribution is 0.394. The van der Waals surface area contributed by atoms with E-state index in [0.717, 1.165) is 5.56 Å². The first-order valence-corrected chi connectivity index (χ1v) is 6.67. The molecule has 2 aromatic heterocycles. The molecule has 0 bridgehead atoms. The van der Waals surface area contributed by atoms with E-state index in [-0.39, 0.29) is 0 Å². The number of pyridine rings is 1. The second-order valence-corrected chi connectivity index (χ2v) is 4.90. The van der Waals surface area contributed by atoms with Crippen LogP contribution in [0.5, 0.6) is 11.5 Å². The average molecular weight is 304 g/mol. The Kier molecular flexibility index (Phi) is 3.35. The van der Waals surface area contributed by atoms with Gasteiger partial charge in [-0.3, -0.25) is 4.40 Å². The molecule has 0 spiro atoms. The monoisotopic (exact) mass is 303 g/mol. The molecule has 0 aliphatic rings. The van der Waals surface area contributed by atoms with Crippen LogP contribution in [0.1, 0.15) is 0 Å². The zero-order valence-corrected chi connectivity index (χ0v) is 12.4. The van der Waals surface area contributed by atoms with Crippen molar-refractivity contribution >= 4 is 23.1 Å². The largest absolute Gasteiger partial charge is 0.497 e. The van der Waals surface area contributed by atoms with E-state index in [9.17, 15) is 0 Å². The summed E-state index contributed by atoms with van der Waals surface area (Å²) in [5.41, 5.74) is 8.25. The van der Waals surface area contributed by atoms with Gasteiger partial charge < -0.3 is 15.2 Å². The first kappa shape index (κ1) is 13.6. The fourth-order valence-corrected chi connectivity index (χ4v) is 2.42. The summed E-state index contributed by atoms with van der Waals surface area (Å²) >= 11 is 6.16. The van der Waals surface area contributed by atoms with Gasteiger partial charge in [0.25, 0.3) is 0 Å². The number of benzene rings is 1. The molecule has 3 aromatic rings. The second kappa shape index (κ2) is 5.18. The van der Waals surface area contributed by atoms with Gasteiger partial charge >= 0.3 is 0 Å². The molecule has 108 valence electrons. The summed E-state index contributed by atoms with van der Waals surface area (Å²) in [6.07, 6.45) is 1.82. The van der Waals surface area contributed by atoms with Crippen LogP contribution < -0.4 is 15.2 Å². The topological polar surface area (TPSA) is 61.8 Å². The number of anilines is 1. The van der Waals surface area contributed by atoms with Gasteiger partial charge in [0.15, 0.2) is 5.65 Å². The molecule has 0 saturated heterocycles. The number of rotatable bonds is 3. The summed E-state index contributed by atoms with van der Waals surface area (Å²) in [5.74, 6) is 1.86. The molecule has 3 rings (SSSR count). The van der Waals surface area contributed by atoms with Gasteiger partial charge in [0.1, 0.15) is 23.0 Å². The molecule has 0 amide bonds. The van der Waals surface area contributed by atoms with Crippen molar-refractivity contribution in [3.63, 3.8) is 0 Å². The summed E-state index contributed by atoms with van der Waals surface area (Å²) in [6.45, 7) is 0. The number of ether oxygens (including phenoxy) is 2. The summed E-state index contributed by atoms with van der Waals surface area (Å²) in [4.78, 5) is 4.53. The van der Waals surface area contributed by atoms with Crippen molar-refractivity contribution in [1.29, 1.82) is 0 Å². The Bertz CT molecular complexity index is 792. The van der Waals surface area contributed by atoms with Crippen LogP contribution >= 0.6 is 11.6 Å². The van der Waals surface area contributed by atoms with Crippen molar-refractivity contribution < 1.29 is 9.47 Å². The maximum Gasteiger partial charge on any atom is 0.157 e. The zero-order valence-electron chi connectivity index (χ0n) is 11.6. The molecule has 0 fully saturated rings. The molecule has 6 heteroatoms. The Morgan fingerprint density at radius 3 is 2.38 bits per heavy atom. The van der Waals surface area contributed by atoms with Crippen LogP contribution in [0.25, 0.3) is 16.9 Å². The second-order valence-electron chi connectivity index (χ2n) is 4.50. The van der Waals surface area contributed by atoms with Gasteiger partial charge in [0, 0.05) is 17.8 Å². The Labute approximate surface area is 126 Å². The molecule has 0 aliphatic carbocycles. The van der Waals surface area contributed by atoms with E-state index in [1.807, 2.05) is 24.4 Å². The molecule has 1 aromatic carbocycles. The number of methoxy groups -OCH3 is 2. The fourth-order valence-electron chi connectivity index (χ4n) is 2.21. The minimum Gasteiger partial charge on any atom is -0.497 e. The number of halogens is 1. The van der Waals surface area contributed by atoms with Crippen molar-refractivity contribution in [3.8, 4) is 22.8 Å². The van der Waals surface area contributed by atoms with Crippen LogP contribution in [0.3, 0.4) is 0 Å². The summed E-state index contributed by atoms with van der Waals surface area (Å²) < 4.78 is 12.3. The Morgan fingerprint density at radius 1 is 1.14 bits per heavy atom. The number of fused-ring (bicyclic) bond motifs is 1. The average Bonchev–Trinajstić information content (AvgIpc) is 2.85. The van der Waals surface area contributed by atoms with E-state index in [2.05, 4.69) is 4.98 Å². The molecule has 0 unspecified atom stereocenters. The van der Waals surface area contributed by atoms with Gasteiger partial charge in [-0.25, -0.2) is 4.98 Å². The third-order valence-corrected chi connectivity index (χ3v) is 3.56. The standard InChI is InChI=1S/C15H14ClN3O2/c1-20-10-6-9(7-11(8-10)21-2)13-14(17)19-5-3-4-12(16)15(19)18-13/h3-8H,17H2,1-2H3. The van der Waals surface area contributed by atoms with Gasteiger partial charge in [0.2, 0.25) is 0 Å². The molecule has 5 nitrogen and oxygen atoms in total. The summed E-state index contributed by atoms with van der Waals surface area (Å²) in [7, 11) is 3.20. The summed E-state index contributed by atoms with van der Waals surface area (Å²) in [6, 6.07) is 9.11. The van der Waals surface area contributed by atoms with Crippen molar-refractivity contribution in [2.45, 2.75) is 0 Å². The van der Waals surface area contributed by atoms with Gasteiger partial charge in [-0.2, -0.15) is 0 Å². The highest BCUT2D eigenvalue weighted by Crippen LogP contribution is 2.34. The van der Waals surface area contributed by atoms with Crippen LogP contribution in [0.2, 0.25) is 5.02 Å². The number of nitrogen functional groups attached to an aromatic ring is 1. The minimum atomic E-state index is 0.516. The predicted molar refractivity (Wildman–Crippen MR) is 83.2 cm³/mol. The number of aromatic nitrogens is 2. The predicted octanol–water partition coefficient (Wildman–Crippen LogP) is 3.25. The zero-order chi connectivity index (χ0) is 15.0. The SMILES string of the molecule is COc1cc(OC)cc(-c2nc3c(Cl)cccn3c2N)c1. The van der Waals surface area contributed by atoms with Crippen molar-refractivity contribution in [3.05, 3.63) is 41.6 Å². The molecule has 2 N–H and O–H groups in total. The summed E-state index contributed by atoms with van der Waals surface area (Å²) in [5, 5.41) is 0.547. The third-order valence-electron chi connectivity index (χ3n) is 3.26. The highest BCUT2D eigenvalue weighted by molar-refractivity contribution is 6.33. The van der Waals surface area contributed by atoms with Gasteiger partial charge in [0.05, 0.1) is 19.2 Å². The normalized spacial score (nSPS) is 10.8. The first-order chi connectivity index (χ1) is 10.1. The van der Waals surface area contributed by atoms with Gasteiger partial charge in [-0.15, -0.1) is 0 Å². The fraction of sp³-hybridized carbons (Fsp3) is 0.133. The van der Waals surface area contributed by atoms with E-state index in [0.29, 0.717) is 33.7 Å². The molecule has 2 heterocycles. The highest BCUT2D eigenvalue weighted by atomic mass is 35.5. The van der Waals surface area contributed by atoms with Crippen molar-refractivity contribution in [2.24, 2.45) is 0 Å². The Morgan fingerprint density at radius 2 is 1.81 bits per heavy atom. The number of nitrogens with zero attached hydrogens (tertiary/aromatic N) is 2. The number of hydrogen-bond acceptors (Lipinski definition) is 4. The van der Waals surface area contributed by atoms with E-state index in [1.54, 1.807) is 30.8 Å². The Hall–Kier alpha value is -2.40. The lowest BCUT2D eigenvalue weighted by Gasteiger charge is -2.07. The quantitative estimate of drug-likeness (QED) is 0.807. The van der Waals surface area contributed by atoms with Crippen molar-refractivity contribution in [1.82, 2.24) is 9.38 Å². The van der Waals surface area contributed by atoms with Crippen LogP contribution in [0.15, 0.2) is 36.5 Å². The van der Waals surface area contributed by atoms with Crippen molar-refractivity contribution in [2.75, 3.05) is 20.0 Å². The van der Waals surface area contributed by atoms with E-state index in [4.69, 9.17) is 26.8 Å². The molecular weight excluding hydrogens is 290 g/mol. The number of hydrogen-bond donors (Lipinski definition) is 1. The Balaban J connectivity index is 2.25. The third kappa shape index (κ3) is 2.25. The van der Waals surface area contributed by atoms with E-state index >= 15 is 0 Å². The van der Waals surface area contributed by atoms with Gasteiger partial charge in [-0.05, 0) is 24.3 Å². The van der Waals surface area contributed by atoms with E-state index < -0.39 is 0 Å².